The van der Waals surface area contributed by atoms with Crippen molar-refractivity contribution in [3.63, 3.8) is 0 Å². The van der Waals surface area contributed by atoms with Gasteiger partial charge < -0.3 is 24.8 Å². The maximum atomic E-state index is 13.2. The molecule has 1 aliphatic heterocycles. The van der Waals surface area contributed by atoms with Gasteiger partial charge in [0.05, 0.1) is 11.7 Å². The first-order valence-corrected chi connectivity index (χ1v) is 13.5. The molecule has 2 aromatic heterocycles. The van der Waals surface area contributed by atoms with E-state index in [4.69, 9.17) is 9.26 Å². The molecule has 0 aromatic carbocycles. The number of allylic oxidation sites excluding steroid dienone is 1. The summed E-state index contributed by atoms with van der Waals surface area (Å²) in [5.41, 5.74) is -3.70. The average molecular weight is 548 g/mol. The predicted octanol–water partition coefficient (Wildman–Crippen LogP) is 4.49. The molecule has 0 aliphatic carbocycles. The number of nitrogens with one attached hydrogen (secondary N) is 1. The van der Waals surface area contributed by atoms with Crippen LogP contribution in [0.4, 0.5) is 13.2 Å². The maximum Gasteiger partial charge on any atom is 0.433 e. The average Bonchev–Trinajstić information content (AvgIpc) is 3.09. The molecule has 4 N–H and O–H groups in total. The van der Waals surface area contributed by atoms with Crippen molar-refractivity contribution in [2.24, 2.45) is 0 Å². The summed E-state index contributed by atoms with van der Waals surface area (Å²) in [6.07, 6.45) is -9.40. The number of aromatic nitrogens is 2. The van der Waals surface area contributed by atoms with Crippen LogP contribution in [0.25, 0.3) is 11.0 Å². The molecule has 0 saturated carbocycles. The number of aryl methyl sites for hydroxylation is 1. The van der Waals surface area contributed by atoms with Crippen molar-refractivity contribution >= 4 is 18.6 Å². The zero-order valence-electron chi connectivity index (χ0n) is 21.0. The molecule has 9 nitrogen and oxygen atoms in total. The number of hydrogen-bond donors (Lipinski definition) is 4. The molecular formula is C24H32F3N2O7P. The van der Waals surface area contributed by atoms with Crippen LogP contribution >= 0.6 is 7.60 Å². The summed E-state index contributed by atoms with van der Waals surface area (Å²) >= 11 is 0. The largest absolute Gasteiger partial charge is 0.433 e. The van der Waals surface area contributed by atoms with E-state index in [0.717, 1.165) is 0 Å². The van der Waals surface area contributed by atoms with E-state index in [1.807, 2.05) is 0 Å². The van der Waals surface area contributed by atoms with Gasteiger partial charge in [0.15, 0.2) is 0 Å². The maximum absolute atomic E-state index is 13.2. The topological polar surface area (TPSA) is 142 Å². The Balaban J connectivity index is 1.94. The highest BCUT2D eigenvalue weighted by Gasteiger charge is 2.49. The Morgan fingerprint density at radius 1 is 1.22 bits per heavy atom. The van der Waals surface area contributed by atoms with Gasteiger partial charge in [-0.2, -0.15) is 13.2 Å². The Morgan fingerprint density at radius 2 is 1.84 bits per heavy atom. The van der Waals surface area contributed by atoms with Crippen LogP contribution in [0.5, 0.6) is 0 Å². The number of aromatic amines is 1. The Kier molecular flexibility index (Phi) is 8.44. The van der Waals surface area contributed by atoms with Crippen molar-refractivity contribution in [1.82, 2.24) is 9.97 Å². The molecule has 1 saturated heterocycles. The normalized spacial score (nSPS) is 24.4. The molecule has 3 rings (SSSR count). The third-order valence-electron chi connectivity index (χ3n) is 6.97. The fraction of sp³-hybridized carbons (Fsp3) is 0.583. The van der Waals surface area contributed by atoms with Gasteiger partial charge in [0.1, 0.15) is 29.7 Å². The van der Waals surface area contributed by atoms with Gasteiger partial charge >= 0.3 is 13.8 Å². The number of hydrogen-bond acceptors (Lipinski definition) is 7. The van der Waals surface area contributed by atoms with Crippen LogP contribution in [0.3, 0.4) is 0 Å². The van der Waals surface area contributed by atoms with Gasteiger partial charge in [0, 0.05) is 22.7 Å². The summed E-state index contributed by atoms with van der Waals surface area (Å²) in [4.78, 5) is 29.0. The molecule has 0 amide bonds. The minimum absolute atomic E-state index is 0.0323. The van der Waals surface area contributed by atoms with E-state index in [1.54, 1.807) is 20.8 Å². The van der Waals surface area contributed by atoms with Crippen molar-refractivity contribution < 1.29 is 42.1 Å². The van der Waals surface area contributed by atoms with E-state index >= 15 is 0 Å². The van der Waals surface area contributed by atoms with Gasteiger partial charge in [-0.3, -0.25) is 13.9 Å². The van der Waals surface area contributed by atoms with Gasteiger partial charge in [-0.05, 0) is 43.9 Å². The van der Waals surface area contributed by atoms with Gasteiger partial charge in [-0.25, -0.2) is 4.98 Å². The second-order valence-corrected chi connectivity index (χ2v) is 11.2. The fourth-order valence-electron chi connectivity index (χ4n) is 4.53. The highest BCUT2D eigenvalue weighted by molar-refractivity contribution is 7.57. The van der Waals surface area contributed by atoms with Crippen LogP contribution in [-0.2, 0) is 20.0 Å². The minimum atomic E-state index is -4.70. The highest BCUT2D eigenvalue weighted by Crippen LogP contribution is 2.56. The molecule has 37 heavy (non-hydrogen) atoms. The second-order valence-electron chi connectivity index (χ2n) is 9.35. The number of aliphatic hydroxyl groups excluding tert-OH is 2. The molecule has 206 valence electrons. The van der Waals surface area contributed by atoms with Crippen molar-refractivity contribution in [3.8, 4) is 0 Å². The van der Waals surface area contributed by atoms with Crippen LogP contribution in [0.1, 0.15) is 69.4 Å². The molecule has 1 aliphatic rings. The molecular weight excluding hydrogens is 516 g/mol. The van der Waals surface area contributed by atoms with Crippen molar-refractivity contribution in [2.75, 3.05) is 0 Å². The lowest BCUT2D eigenvalue weighted by Gasteiger charge is -2.36. The van der Waals surface area contributed by atoms with Crippen molar-refractivity contribution in [3.05, 3.63) is 51.2 Å². The first-order valence-electron chi connectivity index (χ1n) is 11.9. The van der Waals surface area contributed by atoms with E-state index in [9.17, 15) is 37.6 Å². The summed E-state index contributed by atoms with van der Waals surface area (Å²) in [7, 11) is -4.20. The van der Waals surface area contributed by atoms with Crippen LogP contribution in [0.2, 0.25) is 0 Å². The van der Waals surface area contributed by atoms with E-state index in [0.29, 0.717) is 0 Å². The lowest BCUT2D eigenvalue weighted by molar-refractivity contribution is -0.141. The SMILES string of the molecule is C=C(CC)P(=O)(O)OC(CC)(CC)CC1OC(c2cc3cc(C)c(C(F)(F)F)nc3[nH]c2=O)C(O)C1O. The number of fused-ring (bicyclic) bond motifs is 1. The van der Waals surface area contributed by atoms with Gasteiger partial charge in [0.25, 0.3) is 5.56 Å². The van der Waals surface area contributed by atoms with Gasteiger partial charge in [-0.15, -0.1) is 0 Å². The molecule has 2 aromatic rings. The lowest BCUT2D eigenvalue weighted by atomic mass is 9.88. The van der Waals surface area contributed by atoms with E-state index in [1.165, 1.54) is 19.1 Å². The summed E-state index contributed by atoms with van der Waals surface area (Å²) in [6, 6.07) is 2.49. The highest BCUT2D eigenvalue weighted by atomic mass is 31.2. The fourth-order valence-corrected chi connectivity index (χ4v) is 5.92. The number of alkyl halides is 3. The van der Waals surface area contributed by atoms with Crippen LogP contribution in [0.15, 0.2) is 28.8 Å². The predicted molar refractivity (Wildman–Crippen MR) is 130 cm³/mol. The molecule has 0 spiro atoms. The number of halogens is 3. The molecule has 0 radical (unpaired) electrons. The Morgan fingerprint density at radius 3 is 2.38 bits per heavy atom. The van der Waals surface area contributed by atoms with Crippen LogP contribution < -0.4 is 5.56 Å². The number of ether oxygens (including phenoxy) is 1. The molecule has 5 unspecified atom stereocenters. The standard InChI is InChI=1S/C24H32F3N2O7P/c1-6-13(5)37(33,34)36-23(7-2,8-3)11-16-17(30)18(31)19(35-16)15-10-14-9-12(4)20(24(25,26)27)28-21(14)29-22(15)32/h9-10,16-19,30-31H,5-8,11H2,1-4H3,(H,33,34)(H,28,29,32). The van der Waals surface area contributed by atoms with Crippen molar-refractivity contribution in [2.45, 2.75) is 89.6 Å². The lowest BCUT2D eigenvalue weighted by Crippen LogP contribution is -2.40. The zero-order chi connectivity index (χ0) is 27.9. The minimum Gasteiger partial charge on any atom is -0.388 e. The van der Waals surface area contributed by atoms with Gasteiger partial charge in [0.2, 0.25) is 0 Å². The van der Waals surface area contributed by atoms with E-state index in [-0.39, 0.29) is 53.2 Å². The first-order chi connectivity index (χ1) is 17.1. The van der Waals surface area contributed by atoms with Crippen molar-refractivity contribution in [1.29, 1.82) is 0 Å². The van der Waals surface area contributed by atoms with E-state index in [2.05, 4.69) is 16.5 Å². The monoisotopic (exact) mass is 548 g/mol. The number of aliphatic hydroxyl groups is 2. The van der Waals surface area contributed by atoms with Crippen LogP contribution in [0, 0.1) is 6.92 Å². The smallest absolute Gasteiger partial charge is 0.388 e. The first kappa shape index (κ1) is 29.5. The molecule has 13 heteroatoms. The quantitative estimate of drug-likeness (QED) is 0.336. The molecule has 5 atom stereocenters. The van der Waals surface area contributed by atoms with E-state index < -0.39 is 55.0 Å². The number of H-pyrrole nitrogens is 1. The molecule has 3 heterocycles. The molecule has 1 fully saturated rings. The molecule has 0 bridgehead atoms. The Bertz CT molecular complexity index is 1280. The summed E-state index contributed by atoms with van der Waals surface area (Å²) in [5, 5.41) is 21.7. The summed E-state index contributed by atoms with van der Waals surface area (Å²) in [5.74, 6) is 0. The summed E-state index contributed by atoms with van der Waals surface area (Å²) < 4.78 is 63.9. The van der Waals surface area contributed by atoms with Crippen LogP contribution in [-0.4, -0.2) is 49.0 Å². The zero-order valence-corrected chi connectivity index (χ0v) is 21.9. The third kappa shape index (κ3) is 5.84. The van der Waals surface area contributed by atoms with Gasteiger partial charge in [-0.1, -0.05) is 27.4 Å². The second kappa shape index (κ2) is 10.6. The number of rotatable bonds is 9. The summed E-state index contributed by atoms with van der Waals surface area (Å²) in [6.45, 7) is 9.99. The Hall–Kier alpha value is -2.08. The third-order valence-corrected chi connectivity index (χ3v) is 8.72. The Labute approximate surface area is 211 Å². The number of pyridine rings is 2. The number of nitrogens with zero attached hydrogens (tertiary/aromatic N) is 1.